The molecule has 1 aromatic rings. The van der Waals surface area contributed by atoms with E-state index >= 15 is 0 Å². The smallest absolute Gasteiger partial charge is 0.475 e. The molecule has 2 aliphatic rings. The highest BCUT2D eigenvalue weighted by molar-refractivity contribution is 5.78. The lowest BCUT2D eigenvalue weighted by molar-refractivity contribution is -0.192. The van der Waals surface area contributed by atoms with Crippen LogP contribution in [0.25, 0.3) is 0 Å². The van der Waals surface area contributed by atoms with Crippen molar-refractivity contribution in [1.29, 1.82) is 0 Å². The summed E-state index contributed by atoms with van der Waals surface area (Å²) in [6, 6.07) is 6.76. The standard InChI is InChI=1S/C18H23FN2O2.C2HF3O2/c1-2-8-21-14-18(23-13-17(21)22)6-9-20(10-7-18)12-15-4-3-5-16(19)11-15;3-2(4,5)1(6)7/h2-5,11H,1,6-10,12-14H2;(H,6,7). The summed E-state index contributed by atoms with van der Waals surface area (Å²) < 4.78 is 50.9. The number of benzene rings is 1. The van der Waals surface area contributed by atoms with Gasteiger partial charge in [-0.25, -0.2) is 9.18 Å². The molecule has 0 aliphatic carbocycles. The maximum Gasteiger partial charge on any atom is 0.490 e. The van der Waals surface area contributed by atoms with E-state index < -0.39 is 12.1 Å². The molecule has 0 radical (unpaired) electrons. The third kappa shape index (κ3) is 6.81. The number of carbonyl (C=O) groups is 2. The van der Waals surface area contributed by atoms with E-state index in [9.17, 15) is 22.4 Å². The lowest BCUT2D eigenvalue weighted by Gasteiger charge is -2.46. The number of hydrogen-bond acceptors (Lipinski definition) is 4. The van der Waals surface area contributed by atoms with Crippen molar-refractivity contribution in [3.8, 4) is 0 Å². The molecule has 2 fully saturated rings. The number of hydrogen-bond donors (Lipinski definition) is 1. The van der Waals surface area contributed by atoms with Crippen LogP contribution < -0.4 is 0 Å². The van der Waals surface area contributed by atoms with Crippen LogP contribution in [-0.2, 0) is 20.9 Å². The Hall–Kier alpha value is -2.46. The summed E-state index contributed by atoms with van der Waals surface area (Å²) in [7, 11) is 0. The Bertz CT molecular complexity index is 761. The van der Waals surface area contributed by atoms with E-state index in [4.69, 9.17) is 14.6 Å². The number of carbonyl (C=O) groups excluding carboxylic acids is 1. The first kappa shape index (κ1) is 23.8. The molecule has 2 saturated heterocycles. The monoisotopic (exact) mass is 432 g/mol. The molecule has 3 rings (SSSR count). The van der Waals surface area contributed by atoms with Crippen LogP contribution >= 0.6 is 0 Å². The second-order valence-electron chi connectivity index (χ2n) is 7.24. The van der Waals surface area contributed by atoms with Crippen molar-refractivity contribution in [2.75, 3.05) is 32.8 Å². The van der Waals surface area contributed by atoms with Gasteiger partial charge in [-0.2, -0.15) is 13.2 Å². The fraction of sp³-hybridized carbons (Fsp3) is 0.500. The van der Waals surface area contributed by atoms with Gasteiger partial charge in [0.05, 0.1) is 12.1 Å². The molecule has 1 amide bonds. The molecule has 0 atom stereocenters. The van der Waals surface area contributed by atoms with E-state index in [0.29, 0.717) is 13.1 Å². The minimum Gasteiger partial charge on any atom is -0.475 e. The topological polar surface area (TPSA) is 70.1 Å². The average molecular weight is 432 g/mol. The van der Waals surface area contributed by atoms with Gasteiger partial charge in [0.1, 0.15) is 12.4 Å². The van der Waals surface area contributed by atoms with Crippen LogP contribution in [-0.4, -0.2) is 71.3 Å². The number of nitrogens with zero attached hydrogens (tertiary/aromatic N) is 2. The molecular weight excluding hydrogens is 408 g/mol. The summed E-state index contributed by atoms with van der Waals surface area (Å²) in [4.78, 5) is 24.9. The predicted molar refractivity (Wildman–Crippen MR) is 100 cm³/mol. The Kier molecular flexibility index (Phi) is 7.96. The van der Waals surface area contributed by atoms with Gasteiger partial charge >= 0.3 is 12.1 Å². The highest BCUT2D eigenvalue weighted by atomic mass is 19.4. The second kappa shape index (κ2) is 10.0. The molecule has 10 heteroatoms. The van der Waals surface area contributed by atoms with Crippen molar-refractivity contribution in [3.05, 3.63) is 48.3 Å². The van der Waals surface area contributed by atoms with E-state index in [1.165, 1.54) is 6.07 Å². The number of alkyl halides is 3. The van der Waals surface area contributed by atoms with Gasteiger partial charge in [-0.3, -0.25) is 9.69 Å². The van der Waals surface area contributed by atoms with Crippen molar-refractivity contribution in [3.63, 3.8) is 0 Å². The maximum absolute atomic E-state index is 13.3. The van der Waals surface area contributed by atoms with E-state index in [1.807, 2.05) is 11.0 Å². The van der Waals surface area contributed by atoms with Crippen LogP contribution in [0, 0.1) is 5.82 Å². The molecule has 2 heterocycles. The van der Waals surface area contributed by atoms with E-state index in [2.05, 4.69) is 11.5 Å². The van der Waals surface area contributed by atoms with Gasteiger partial charge in [0.15, 0.2) is 0 Å². The largest absolute Gasteiger partial charge is 0.490 e. The molecule has 2 aliphatic heterocycles. The Labute approximate surface area is 171 Å². The fourth-order valence-corrected chi connectivity index (χ4v) is 3.42. The summed E-state index contributed by atoms with van der Waals surface area (Å²) in [5.41, 5.74) is 0.768. The maximum atomic E-state index is 13.3. The minimum atomic E-state index is -5.08. The Morgan fingerprint density at radius 2 is 1.93 bits per heavy atom. The van der Waals surface area contributed by atoms with Gasteiger partial charge in [-0.1, -0.05) is 18.2 Å². The summed E-state index contributed by atoms with van der Waals surface area (Å²) >= 11 is 0. The lowest BCUT2D eigenvalue weighted by Crippen LogP contribution is -2.58. The van der Waals surface area contributed by atoms with Crippen molar-refractivity contribution in [1.82, 2.24) is 9.80 Å². The molecule has 0 unspecified atom stereocenters. The van der Waals surface area contributed by atoms with Gasteiger partial charge in [0.2, 0.25) is 5.91 Å². The third-order valence-corrected chi connectivity index (χ3v) is 4.99. The van der Waals surface area contributed by atoms with E-state index in [0.717, 1.165) is 38.0 Å². The number of carboxylic acids is 1. The third-order valence-electron chi connectivity index (χ3n) is 4.99. The zero-order valence-electron chi connectivity index (χ0n) is 16.3. The van der Waals surface area contributed by atoms with Crippen LogP contribution in [0.1, 0.15) is 18.4 Å². The molecule has 0 bridgehead atoms. The van der Waals surface area contributed by atoms with Crippen molar-refractivity contribution < 1.29 is 37.0 Å². The normalized spacial score (nSPS) is 19.2. The molecule has 6 nitrogen and oxygen atoms in total. The summed E-state index contributed by atoms with van der Waals surface area (Å²) in [5.74, 6) is -2.91. The molecule has 166 valence electrons. The van der Waals surface area contributed by atoms with Gasteiger partial charge in [0.25, 0.3) is 0 Å². The number of morpholine rings is 1. The van der Waals surface area contributed by atoms with Crippen LogP contribution in [0.5, 0.6) is 0 Å². The molecule has 1 N–H and O–H groups in total. The number of rotatable bonds is 4. The average Bonchev–Trinajstić information content (AvgIpc) is 2.67. The van der Waals surface area contributed by atoms with Crippen molar-refractivity contribution >= 4 is 11.9 Å². The summed E-state index contributed by atoms with van der Waals surface area (Å²) in [5, 5.41) is 7.12. The number of ether oxygens (including phenoxy) is 1. The van der Waals surface area contributed by atoms with Crippen LogP contribution in [0.3, 0.4) is 0 Å². The van der Waals surface area contributed by atoms with Crippen molar-refractivity contribution in [2.45, 2.75) is 31.2 Å². The van der Waals surface area contributed by atoms with Crippen LogP contribution in [0.4, 0.5) is 17.6 Å². The SMILES string of the molecule is C=CCN1CC2(CCN(Cc3cccc(F)c3)CC2)OCC1=O.O=C(O)C(F)(F)F. The first-order valence-electron chi connectivity index (χ1n) is 9.34. The lowest BCUT2D eigenvalue weighted by atomic mass is 9.89. The summed E-state index contributed by atoms with van der Waals surface area (Å²) in [6.45, 7) is 7.65. The molecule has 1 spiro atoms. The molecule has 0 saturated carbocycles. The molecule has 30 heavy (non-hydrogen) atoms. The second-order valence-corrected chi connectivity index (χ2v) is 7.24. The quantitative estimate of drug-likeness (QED) is 0.585. The first-order chi connectivity index (χ1) is 14.0. The van der Waals surface area contributed by atoms with Gasteiger partial charge < -0.3 is 14.7 Å². The zero-order chi connectivity index (χ0) is 22.4. The predicted octanol–water partition coefficient (Wildman–Crippen LogP) is 2.84. The Morgan fingerprint density at radius 3 is 2.47 bits per heavy atom. The van der Waals surface area contributed by atoms with Crippen molar-refractivity contribution in [2.24, 2.45) is 0 Å². The van der Waals surface area contributed by atoms with Crippen LogP contribution in [0.2, 0.25) is 0 Å². The first-order valence-corrected chi connectivity index (χ1v) is 9.34. The Morgan fingerprint density at radius 1 is 1.30 bits per heavy atom. The number of likely N-dealkylation sites (tertiary alicyclic amines) is 1. The zero-order valence-corrected chi connectivity index (χ0v) is 16.3. The number of aliphatic carboxylic acids is 1. The fourth-order valence-electron chi connectivity index (χ4n) is 3.42. The molecular formula is C20H24F4N2O4. The molecule has 1 aromatic carbocycles. The summed E-state index contributed by atoms with van der Waals surface area (Å²) in [6.07, 6.45) is -1.54. The molecule has 0 aromatic heterocycles. The number of carboxylic acid groups (broad SMARTS) is 1. The van der Waals surface area contributed by atoms with Gasteiger partial charge in [-0.15, -0.1) is 6.58 Å². The number of halogens is 4. The highest BCUT2D eigenvalue weighted by Crippen LogP contribution is 2.31. The van der Waals surface area contributed by atoms with Gasteiger partial charge in [0, 0.05) is 26.2 Å². The number of amides is 1. The number of piperidine rings is 1. The van der Waals surface area contributed by atoms with Gasteiger partial charge in [-0.05, 0) is 30.5 Å². The van der Waals surface area contributed by atoms with E-state index in [-0.39, 0.29) is 23.9 Å². The minimum absolute atomic E-state index is 0.0396. The van der Waals surface area contributed by atoms with E-state index in [1.54, 1.807) is 18.2 Å². The van der Waals surface area contributed by atoms with Crippen LogP contribution in [0.15, 0.2) is 36.9 Å². The highest BCUT2D eigenvalue weighted by Gasteiger charge is 2.41. The Balaban J connectivity index is 0.000000396.